The average Bonchev–Trinajstić information content (AvgIpc) is 3.14. The fourth-order valence-electron chi connectivity index (χ4n) is 3.46. The third-order valence-electron chi connectivity index (χ3n) is 5.50. The normalized spacial score (nSPS) is 16.2. The molecule has 1 heterocycles. The first-order chi connectivity index (χ1) is 15.6. The number of carbonyl (C=O) groups excluding carboxylic acids is 3. The SMILES string of the molecule is Cc1ccc(CN2C[C@H](C(=O)NNC(=O)CN(C)S(=O)(=O)c3ccc(C)cc3)CC2=O)cc1. The summed E-state index contributed by atoms with van der Waals surface area (Å²) in [4.78, 5) is 38.6. The number of hydrogen-bond acceptors (Lipinski definition) is 5. The van der Waals surface area contributed by atoms with Crippen LogP contribution in [0, 0.1) is 19.8 Å². The van der Waals surface area contributed by atoms with Gasteiger partial charge >= 0.3 is 0 Å². The van der Waals surface area contributed by atoms with Gasteiger partial charge in [0.1, 0.15) is 0 Å². The minimum absolute atomic E-state index is 0.0509. The van der Waals surface area contributed by atoms with Crippen molar-refractivity contribution in [3.63, 3.8) is 0 Å². The maximum absolute atomic E-state index is 12.6. The van der Waals surface area contributed by atoms with Crippen molar-refractivity contribution in [1.82, 2.24) is 20.1 Å². The van der Waals surface area contributed by atoms with E-state index in [1.165, 1.54) is 19.2 Å². The predicted octanol–water partition coefficient (Wildman–Crippen LogP) is 1.12. The Hall–Kier alpha value is -3.24. The Morgan fingerprint density at radius 1 is 1.00 bits per heavy atom. The van der Waals surface area contributed by atoms with Crippen LogP contribution >= 0.6 is 0 Å². The molecule has 1 fully saturated rings. The van der Waals surface area contributed by atoms with Crippen molar-refractivity contribution >= 4 is 27.7 Å². The molecule has 3 amide bonds. The van der Waals surface area contributed by atoms with Gasteiger partial charge in [-0.15, -0.1) is 0 Å². The molecule has 0 radical (unpaired) electrons. The van der Waals surface area contributed by atoms with Crippen LogP contribution in [0.25, 0.3) is 0 Å². The second-order valence-corrected chi connectivity index (χ2v) is 10.3. The monoisotopic (exact) mass is 472 g/mol. The summed E-state index contributed by atoms with van der Waals surface area (Å²) in [6, 6.07) is 14.1. The molecule has 0 bridgehead atoms. The van der Waals surface area contributed by atoms with Crippen molar-refractivity contribution in [3.05, 3.63) is 65.2 Å². The van der Waals surface area contributed by atoms with Gasteiger partial charge in [0.25, 0.3) is 5.91 Å². The maximum atomic E-state index is 12.6. The molecule has 10 heteroatoms. The van der Waals surface area contributed by atoms with Crippen LogP contribution in [0.15, 0.2) is 53.4 Å². The lowest BCUT2D eigenvalue weighted by Crippen LogP contribution is -2.48. The van der Waals surface area contributed by atoms with E-state index in [1.807, 2.05) is 38.1 Å². The first kappa shape index (κ1) is 24.4. The van der Waals surface area contributed by atoms with Crippen molar-refractivity contribution < 1.29 is 22.8 Å². The first-order valence-electron chi connectivity index (χ1n) is 10.5. The van der Waals surface area contributed by atoms with Crippen LogP contribution < -0.4 is 10.9 Å². The summed E-state index contributed by atoms with van der Waals surface area (Å²) in [5.41, 5.74) is 7.55. The number of carbonyl (C=O) groups is 3. The smallest absolute Gasteiger partial charge is 0.253 e. The molecule has 2 N–H and O–H groups in total. The van der Waals surface area contributed by atoms with Crippen LogP contribution in [0.3, 0.4) is 0 Å². The summed E-state index contributed by atoms with van der Waals surface area (Å²) in [6.07, 6.45) is 0.0509. The summed E-state index contributed by atoms with van der Waals surface area (Å²) >= 11 is 0. The number of aryl methyl sites for hydroxylation is 2. The molecule has 1 saturated heterocycles. The minimum Gasteiger partial charge on any atom is -0.338 e. The van der Waals surface area contributed by atoms with Gasteiger partial charge in [0.05, 0.1) is 17.4 Å². The highest BCUT2D eigenvalue weighted by Gasteiger charge is 2.34. The zero-order valence-corrected chi connectivity index (χ0v) is 19.7. The molecular weight excluding hydrogens is 444 g/mol. The van der Waals surface area contributed by atoms with Crippen LogP contribution in [0.2, 0.25) is 0 Å². The molecule has 3 rings (SSSR count). The molecule has 0 aliphatic carbocycles. The number of amides is 3. The topological polar surface area (TPSA) is 116 Å². The van der Waals surface area contributed by atoms with E-state index in [0.717, 1.165) is 21.0 Å². The zero-order chi connectivity index (χ0) is 24.2. The van der Waals surface area contributed by atoms with Gasteiger partial charge in [0.15, 0.2) is 0 Å². The Morgan fingerprint density at radius 2 is 1.58 bits per heavy atom. The Bertz CT molecular complexity index is 1130. The molecular formula is C23H28N4O5S. The van der Waals surface area contributed by atoms with Gasteiger partial charge in [-0.25, -0.2) is 8.42 Å². The standard InChI is InChI=1S/C23H28N4O5S/c1-16-4-8-18(9-5-16)13-27-14-19(12-22(27)29)23(30)25-24-21(28)15-26(3)33(31,32)20-10-6-17(2)7-11-20/h4-11,19H,12-15H2,1-3H3,(H,24,28)(H,25,30)/t19-/m1/s1. The summed E-state index contributed by atoms with van der Waals surface area (Å²) in [5.74, 6) is -1.92. The van der Waals surface area contributed by atoms with Gasteiger partial charge in [-0.1, -0.05) is 47.5 Å². The number of rotatable bonds is 7. The Morgan fingerprint density at radius 3 is 2.18 bits per heavy atom. The lowest BCUT2D eigenvalue weighted by molar-refractivity contribution is -0.131. The number of benzene rings is 2. The summed E-state index contributed by atoms with van der Waals surface area (Å²) in [5, 5.41) is 0. The van der Waals surface area contributed by atoms with Gasteiger partial charge in [-0.2, -0.15) is 4.31 Å². The van der Waals surface area contributed by atoms with E-state index in [9.17, 15) is 22.8 Å². The first-order valence-corrected chi connectivity index (χ1v) is 12.0. The lowest BCUT2D eigenvalue weighted by Gasteiger charge is -2.18. The second kappa shape index (κ2) is 10.1. The molecule has 0 unspecified atom stereocenters. The van der Waals surface area contributed by atoms with E-state index >= 15 is 0 Å². The van der Waals surface area contributed by atoms with Crippen LogP contribution in [0.4, 0.5) is 0 Å². The molecule has 0 aromatic heterocycles. The second-order valence-electron chi connectivity index (χ2n) is 8.27. The van der Waals surface area contributed by atoms with E-state index in [1.54, 1.807) is 17.0 Å². The average molecular weight is 473 g/mol. The number of likely N-dealkylation sites (tertiary alicyclic amines) is 1. The van der Waals surface area contributed by atoms with Crippen LogP contribution in [0.5, 0.6) is 0 Å². The number of likely N-dealkylation sites (N-methyl/N-ethyl adjacent to an activating group) is 1. The Balaban J connectivity index is 1.48. The fourth-order valence-corrected chi connectivity index (χ4v) is 4.59. The fraction of sp³-hybridized carbons (Fsp3) is 0.348. The molecule has 1 atom stereocenters. The lowest BCUT2D eigenvalue weighted by atomic mass is 10.1. The largest absolute Gasteiger partial charge is 0.338 e. The minimum atomic E-state index is -3.84. The van der Waals surface area contributed by atoms with Gasteiger partial charge in [0.2, 0.25) is 21.8 Å². The van der Waals surface area contributed by atoms with Crippen LogP contribution in [-0.4, -0.2) is 55.5 Å². The quantitative estimate of drug-likeness (QED) is 0.586. The van der Waals surface area contributed by atoms with E-state index < -0.39 is 34.3 Å². The van der Waals surface area contributed by atoms with Gasteiger partial charge in [-0.05, 0) is 31.5 Å². The molecule has 0 spiro atoms. The molecule has 2 aromatic carbocycles. The van der Waals surface area contributed by atoms with E-state index in [2.05, 4.69) is 10.9 Å². The van der Waals surface area contributed by atoms with Crippen molar-refractivity contribution in [1.29, 1.82) is 0 Å². The van der Waals surface area contributed by atoms with Gasteiger partial charge < -0.3 is 4.90 Å². The van der Waals surface area contributed by atoms with Crippen LogP contribution in [-0.2, 0) is 31.0 Å². The zero-order valence-electron chi connectivity index (χ0n) is 18.9. The van der Waals surface area contributed by atoms with Crippen molar-refractivity contribution in [2.45, 2.75) is 31.7 Å². The van der Waals surface area contributed by atoms with Crippen molar-refractivity contribution in [3.8, 4) is 0 Å². The van der Waals surface area contributed by atoms with Crippen LogP contribution in [0.1, 0.15) is 23.1 Å². The molecule has 176 valence electrons. The number of nitrogens with one attached hydrogen (secondary N) is 2. The van der Waals surface area contributed by atoms with Crippen molar-refractivity contribution in [2.75, 3.05) is 20.1 Å². The third-order valence-corrected chi connectivity index (χ3v) is 7.32. The Kier molecular flexibility index (Phi) is 7.50. The van der Waals surface area contributed by atoms with Gasteiger partial charge in [0, 0.05) is 26.6 Å². The predicted molar refractivity (Wildman–Crippen MR) is 122 cm³/mol. The molecule has 1 aliphatic heterocycles. The third kappa shape index (κ3) is 6.17. The van der Waals surface area contributed by atoms with E-state index in [-0.39, 0.29) is 23.8 Å². The highest BCUT2D eigenvalue weighted by atomic mass is 32.2. The van der Waals surface area contributed by atoms with Crippen molar-refractivity contribution in [2.24, 2.45) is 5.92 Å². The molecule has 9 nitrogen and oxygen atoms in total. The molecule has 2 aromatic rings. The number of sulfonamides is 1. The molecule has 0 saturated carbocycles. The van der Waals surface area contributed by atoms with Gasteiger partial charge in [-0.3, -0.25) is 25.2 Å². The number of nitrogens with zero attached hydrogens (tertiary/aromatic N) is 2. The summed E-state index contributed by atoms with van der Waals surface area (Å²) < 4.78 is 26.1. The molecule has 1 aliphatic rings. The highest BCUT2D eigenvalue weighted by Crippen LogP contribution is 2.20. The molecule has 33 heavy (non-hydrogen) atoms. The highest BCUT2D eigenvalue weighted by molar-refractivity contribution is 7.89. The van der Waals surface area contributed by atoms with E-state index in [0.29, 0.717) is 6.54 Å². The maximum Gasteiger partial charge on any atom is 0.253 e. The van der Waals surface area contributed by atoms with E-state index in [4.69, 9.17) is 0 Å². The summed E-state index contributed by atoms with van der Waals surface area (Å²) in [6.45, 7) is 4.01. The summed E-state index contributed by atoms with van der Waals surface area (Å²) in [7, 11) is -2.56. The Labute approximate surface area is 193 Å². The number of hydrogen-bond donors (Lipinski definition) is 2. The number of hydrazine groups is 1.